The Labute approximate surface area is 140 Å². The quantitative estimate of drug-likeness (QED) is 0.765. The summed E-state index contributed by atoms with van der Waals surface area (Å²) in [6, 6.07) is 4.30. The zero-order valence-electron chi connectivity index (χ0n) is 13.4. The minimum atomic E-state index is -3.66. The zero-order chi connectivity index (χ0) is 17.5. The molecule has 0 aromatic heterocycles. The molecule has 2 fully saturated rings. The lowest BCUT2D eigenvalue weighted by Gasteiger charge is -2.21. The second-order valence-electron chi connectivity index (χ2n) is 6.43. The Morgan fingerprint density at radius 2 is 1.92 bits per heavy atom. The van der Waals surface area contributed by atoms with Crippen LogP contribution in [0.15, 0.2) is 23.1 Å². The number of rotatable bonds is 7. The fourth-order valence-corrected chi connectivity index (χ4v) is 3.87. The molecule has 2 saturated carbocycles. The molecule has 3 rings (SSSR count). The Kier molecular flexibility index (Phi) is 4.35. The Hall–Kier alpha value is -1.93. The van der Waals surface area contributed by atoms with Crippen molar-refractivity contribution in [1.82, 2.24) is 9.62 Å². The van der Waals surface area contributed by atoms with Crippen LogP contribution in [0.5, 0.6) is 0 Å². The van der Waals surface area contributed by atoms with Crippen LogP contribution in [-0.2, 0) is 14.8 Å². The number of carboxylic acid groups (broad SMARTS) is 1. The van der Waals surface area contributed by atoms with E-state index in [4.69, 9.17) is 5.11 Å². The third-order valence-corrected chi connectivity index (χ3v) is 5.72. The van der Waals surface area contributed by atoms with Crippen molar-refractivity contribution in [3.05, 3.63) is 29.3 Å². The Morgan fingerprint density at radius 3 is 2.46 bits per heavy atom. The Balaban J connectivity index is 1.90. The first kappa shape index (κ1) is 16.9. The summed E-state index contributed by atoms with van der Waals surface area (Å²) >= 11 is 0. The summed E-state index contributed by atoms with van der Waals surface area (Å²) in [6.07, 6.45) is 3.20. The van der Waals surface area contributed by atoms with E-state index < -0.39 is 21.9 Å². The maximum Gasteiger partial charge on any atom is 0.323 e. The van der Waals surface area contributed by atoms with Crippen molar-refractivity contribution in [2.45, 2.75) is 49.6 Å². The smallest absolute Gasteiger partial charge is 0.323 e. The van der Waals surface area contributed by atoms with E-state index in [9.17, 15) is 18.0 Å². The molecule has 2 aliphatic rings. The molecule has 0 saturated heterocycles. The highest BCUT2D eigenvalue weighted by atomic mass is 32.2. The predicted molar refractivity (Wildman–Crippen MR) is 86.2 cm³/mol. The third-order valence-electron chi connectivity index (χ3n) is 4.20. The molecule has 8 heteroatoms. The normalized spacial score (nSPS) is 17.5. The van der Waals surface area contributed by atoms with E-state index in [0.717, 1.165) is 25.7 Å². The van der Waals surface area contributed by atoms with Crippen LogP contribution in [0.3, 0.4) is 0 Å². The number of sulfonamides is 1. The highest BCUT2D eigenvalue weighted by molar-refractivity contribution is 7.89. The molecule has 1 amide bonds. The first-order chi connectivity index (χ1) is 11.3. The molecule has 0 unspecified atom stereocenters. The second kappa shape index (κ2) is 6.18. The van der Waals surface area contributed by atoms with Crippen LogP contribution in [0.1, 0.15) is 41.6 Å². The van der Waals surface area contributed by atoms with E-state index in [0.29, 0.717) is 5.56 Å². The number of carbonyl (C=O) groups is 2. The van der Waals surface area contributed by atoms with Crippen LogP contribution in [0.2, 0.25) is 0 Å². The molecule has 0 aliphatic heterocycles. The number of aryl methyl sites for hydroxylation is 1. The Bertz CT molecular complexity index is 782. The first-order valence-corrected chi connectivity index (χ1v) is 9.42. The van der Waals surface area contributed by atoms with Gasteiger partial charge in [-0.1, -0.05) is 6.07 Å². The number of hydrogen-bond acceptors (Lipinski definition) is 4. The lowest BCUT2D eigenvalue weighted by atomic mass is 10.1. The molecule has 1 aromatic rings. The summed E-state index contributed by atoms with van der Waals surface area (Å²) < 4.78 is 27.2. The van der Waals surface area contributed by atoms with Gasteiger partial charge in [-0.25, -0.2) is 13.1 Å². The number of carbonyl (C=O) groups excluding carboxylic acids is 1. The highest BCUT2D eigenvalue weighted by Crippen LogP contribution is 2.29. The summed E-state index contributed by atoms with van der Waals surface area (Å²) in [5.41, 5.74) is 0.864. The van der Waals surface area contributed by atoms with Crippen molar-refractivity contribution in [2.75, 3.05) is 6.54 Å². The van der Waals surface area contributed by atoms with Crippen molar-refractivity contribution in [2.24, 2.45) is 0 Å². The molecule has 2 aliphatic carbocycles. The summed E-state index contributed by atoms with van der Waals surface area (Å²) in [5, 5.41) is 9.02. The number of nitrogens with one attached hydrogen (secondary N) is 1. The third kappa shape index (κ3) is 3.76. The van der Waals surface area contributed by atoms with E-state index in [1.165, 1.54) is 17.0 Å². The summed E-state index contributed by atoms with van der Waals surface area (Å²) in [5.74, 6) is -1.51. The number of carboxylic acids is 1. The Morgan fingerprint density at radius 1 is 1.25 bits per heavy atom. The SMILES string of the molecule is Cc1ccc(S(=O)(=O)NC2CC2)cc1C(=O)N(CC(=O)O)C1CC1. The van der Waals surface area contributed by atoms with Gasteiger partial charge in [0.1, 0.15) is 6.54 Å². The highest BCUT2D eigenvalue weighted by Gasteiger charge is 2.35. The molecule has 2 N–H and O–H groups in total. The van der Waals surface area contributed by atoms with E-state index in [1.807, 2.05) is 0 Å². The van der Waals surface area contributed by atoms with Gasteiger partial charge in [0.15, 0.2) is 0 Å². The number of benzene rings is 1. The molecule has 0 spiro atoms. The lowest BCUT2D eigenvalue weighted by molar-refractivity contribution is -0.137. The number of amides is 1. The second-order valence-corrected chi connectivity index (χ2v) is 8.14. The minimum Gasteiger partial charge on any atom is -0.480 e. The van der Waals surface area contributed by atoms with Crippen LogP contribution in [0, 0.1) is 6.92 Å². The van der Waals surface area contributed by atoms with Crippen LogP contribution >= 0.6 is 0 Å². The molecular weight excluding hydrogens is 332 g/mol. The molecule has 0 bridgehead atoms. The summed E-state index contributed by atoms with van der Waals surface area (Å²) in [6.45, 7) is 1.34. The van der Waals surface area contributed by atoms with Crippen LogP contribution in [0.25, 0.3) is 0 Å². The molecule has 0 atom stereocenters. The zero-order valence-corrected chi connectivity index (χ0v) is 14.2. The fourth-order valence-electron chi connectivity index (χ4n) is 2.54. The predicted octanol–water partition coefficient (Wildman–Crippen LogP) is 1.12. The summed E-state index contributed by atoms with van der Waals surface area (Å²) in [7, 11) is -3.66. The largest absolute Gasteiger partial charge is 0.480 e. The average Bonchev–Trinajstić information content (AvgIpc) is 3.38. The maximum absolute atomic E-state index is 12.7. The standard InChI is InChI=1S/C16H20N2O5S/c1-10-2-7-13(24(22,23)17-11-3-4-11)8-14(10)16(21)18(9-15(19)20)12-5-6-12/h2,7-8,11-12,17H,3-6,9H2,1H3,(H,19,20). The number of hydrogen-bond donors (Lipinski definition) is 2. The van der Waals surface area contributed by atoms with Crippen molar-refractivity contribution in [3.8, 4) is 0 Å². The molecule has 0 heterocycles. The van der Waals surface area contributed by atoms with Gasteiger partial charge in [0.25, 0.3) is 5.91 Å². The molecule has 1 aromatic carbocycles. The van der Waals surface area contributed by atoms with Crippen molar-refractivity contribution < 1.29 is 23.1 Å². The van der Waals surface area contributed by atoms with Crippen molar-refractivity contribution in [3.63, 3.8) is 0 Å². The van der Waals surface area contributed by atoms with Gasteiger partial charge in [0, 0.05) is 17.6 Å². The van der Waals surface area contributed by atoms with Gasteiger partial charge in [-0.05, 0) is 50.3 Å². The molecule has 7 nitrogen and oxygen atoms in total. The average molecular weight is 352 g/mol. The van der Waals surface area contributed by atoms with E-state index in [-0.39, 0.29) is 29.1 Å². The van der Waals surface area contributed by atoms with Crippen molar-refractivity contribution in [1.29, 1.82) is 0 Å². The molecule has 0 radical (unpaired) electrons. The van der Waals surface area contributed by atoms with Gasteiger partial charge in [-0.3, -0.25) is 9.59 Å². The topological polar surface area (TPSA) is 104 Å². The van der Waals surface area contributed by atoms with E-state index in [2.05, 4.69) is 4.72 Å². The van der Waals surface area contributed by atoms with Gasteiger partial charge < -0.3 is 10.0 Å². The lowest BCUT2D eigenvalue weighted by Crippen LogP contribution is -2.38. The van der Waals surface area contributed by atoms with Crippen LogP contribution in [0.4, 0.5) is 0 Å². The summed E-state index contributed by atoms with van der Waals surface area (Å²) in [4.78, 5) is 25.1. The van der Waals surface area contributed by atoms with E-state index in [1.54, 1.807) is 13.0 Å². The molecule has 24 heavy (non-hydrogen) atoms. The molecular formula is C16H20N2O5S. The maximum atomic E-state index is 12.7. The molecule has 130 valence electrons. The van der Waals surface area contributed by atoms with Gasteiger partial charge in [-0.2, -0.15) is 0 Å². The van der Waals surface area contributed by atoms with Crippen molar-refractivity contribution >= 4 is 21.9 Å². The van der Waals surface area contributed by atoms with Gasteiger partial charge in [0.2, 0.25) is 10.0 Å². The minimum absolute atomic E-state index is 0.0228. The monoisotopic (exact) mass is 352 g/mol. The van der Waals surface area contributed by atoms with Crippen LogP contribution in [-0.4, -0.2) is 48.9 Å². The van der Waals surface area contributed by atoms with Gasteiger partial charge in [-0.15, -0.1) is 0 Å². The van der Waals surface area contributed by atoms with Crippen LogP contribution < -0.4 is 4.72 Å². The first-order valence-electron chi connectivity index (χ1n) is 7.93. The number of nitrogens with zero attached hydrogens (tertiary/aromatic N) is 1. The van der Waals surface area contributed by atoms with Gasteiger partial charge in [0.05, 0.1) is 4.90 Å². The fraction of sp³-hybridized carbons (Fsp3) is 0.500. The van der Waals surface area contributed by atoms with E-state index >= 15 is 0 Å². The van der Waals surface area contributed by atoms with Gasteiger partial charge >= 0.3 is 5.97 Å². The number of aliphatic carboxylic acids is 1.